The second-order valence-electron chi connectivity index (χ2n) is 10.5. The summed E-state index contributed by atoms with van der Waals surface area (Å²) in [5.41, 5.74) is 0. The first-order chi connectivity index (χ1) is 17.7. The van der Waals surface area contributed by atoms with Gasteiger partial charge in [0.15, 0.2) is 0 Å². The van der Waals surface area contributed by atoms with Crippen LogP contribution in [0.4, 0.5) is 0 Å². The highest BCUT2D eigenvalue weighted by Gasteiger charge is 2.49. The highest BCUT2D eigenvalue weighted by molar-refractivity contribution is 7.54. The highest BCUT2D eigenvalue weighted by Crippen LogP contribution is 2.48. The van der Waals surface area contributed by atoms with E-state index in [1.807, 2.05) is 0 Å². The molecule has 0 bridgehead atoms. The number of hydrogen-bond acceptors (Lipinski definition) is 5. The van der Waals surface area contributed by atoms with Crippen LogP contribution < -0.4 is 10.4 Å². The fourth-order valence-corrected chi connectivity index (χ4v) is 11.2. The van der Waals surface area contributed by atoms with Crippen LogP contribution in [0.3, 0.4) is 0 Å². The number of rotatable bonds is 18. The van der Waals surface area contributed by atoms with Gasteiger partial charge in [0.05, 0.1) is 13.2 Å². The fraction of sp³-hybridized carbons (Fsp3) is 0.567. The molecular weight excluding hydrogens is 499 g/mol. The Bertz CT molecular complexity index is 909. The Labute approximate surface area is 226 Å². The van der Waals surface area contributed by atoms with Gasteiger partial charge in [0.1, 0.15) is 11.9 Å². The second kappa shape index (κ2) is 15.8. The van der Waals surface area contributed by atoms with Crippen LogP contribution in [-0.4, -0.2) is 40.1 Å². The maximum absolute atomic E-state index is 12.5. The molecule has 0 unspecified atom stereocenters. The van der Waals surface area contributed by atoms with Gasteiger partial charge in [0.2, 0.25) is 0 Å². The SMILES string of the molecule is CCOP(=O)(CC(=O)CCCCCCCCO[Si](c1ccccc1)(c1ccccc1)C(C)(C)C)OCC. The van der Waals surface area contributed by atoms with Gasteiger partial charge in [-0.05, 0) is 42.1 Å². The molecule has 0 atom stereocenters. The molecule has 0 N–H and O–H groups in total. The number of benzene rings is 2. The molecule has 37 heavy (non-hydrogen) atoms. The molecule has 0 heterocycles. The Hall–Kier alpha value is -1.56. The average Bonchev–Trinajstić information content (AvgIpc) is 2.86. The van der Waals surface area contributed by atoms with E-state index in [9.17, 15) is 9.36 Å². The maximum atomic E-state index is 12.5. The van der Waals surface area contributed by atoms with Crippen LogP contribution in [0.1, 0.15) is 79.6 Å². The van der Waals surface area contributed by atoms with Gasteiger partial charge in [-0.25, -0.2) is 0 Å². The first-order valence-corrected chi connectivity index (χ1v) is 17.5. The Morgan fingerprint density at radius 3 is 1.68 bits per heavy atom. The van der Waals surface area contributed by atoms with Crippen molar-refractivity contribution < 1.29 is 22.8 Å². The molecule has 2 aromatic rings. The van der Waals surface area contributed by atoms with Gasteiger partial charge in [-0.3, -0.25) is 9.36 Å². The molecule has 2 rings (SSSR count). The first-order valence-electron chi connectivity index (χ1n) is 13.8. The minimum Gasteiger partial charge on any atom is -0.407 e. The smallest absolute Gasteiger partial charge is 0.338 e. The molecule has 0 saturated carbocycles. The summed E-state index contributed by atoms with van der Waals surface area (Å²) in [7, 11) is -5.74. The third-order valence-electron chi connectivity index (χ3n) is 6.61. The van der Waals surface area contributed by atoms with E-state index in [0.29, 0.717) is 6.42 Å². The topological polar surface area (TPSA) is 61.8 Å². The van der Waals surface area contributed by atoms with E-state index >= 15 is 0 Å². The summed E-state index contributed by atoms with van der Waals surface area (Å²) in [6.45, 7) is 11.8. The minimum absolute atomic E-state index is 0.00343. The predicted octanol–water partition coefficient (Wildman–Crippen LogP) is 7.13. The number of carbonyl (C=O) groups excluding carboxylic acids is 1. The molecule has 0 spiro atoms. The van der Waals surface area contributed by atoms with Gasteiger partial charge in [-0.2, -0.15) is 0 Å². The molecule has 0 amide bonds. The third kappa shape index (κ3) is 9.60. The van der Waals surface area contributed by atoms with Gasteiger partial charge in [-0.15, -0.1) is 0 Å². The van der Waals surface area contributed by atoms with Crippen LogP contribution in [0.15, 0.2) is 60.7 Å². The molecule has 0 radical (unpaired) electrons. The summed E-state index contributed by atoms with van der Waals surface area (Å²) in [6, 6.07) is 21.5. The van der Waals surface area contributed by atoms with Crippen LogP contribution >= 0.6 is 7.60 Å². The minimum atomic E-state index is -3.28. The standard InChI is InChI=1S/C30H47O5PSi/c1-6-33-36(32,34-7-2)26-27(31)20-14-10-8-9-11-19-25-35-37(30(3,4)5,28-21-15-12-16-22-28)29-23-17-13-18-24-29/h12-13,15-18,21-24H,6-11,14,19-20,25-26H2,1-5H3. The van der Waals surface area contributed by atoms with Crippen molar-refractivity contribution in [3.63, 3.8) is 0 Å². The molecule has 0 aliphatic rings. The second-order valence-corrected chi connectivity index (χ2v) is 16.9. The normalized spacial score (nSPS) is 12.6. The van der Waals surface area contributed by atoms with Gasteiger partial charge in [0.25, 0.3) is 8.32 Å². The summed E-state index contributed by atoms with van der Waals surface area (Å²) >= 11 is 0. The van der Waals surface area contributed by atoms with E-state index in [1.165, 1.54) is 10.4 Å². The Morgan fingerprint density at radius 2 is 1.22 bits per heavy atom. The maximum Gasteiger partial charge on any atom is 0.338 e. The van der Waals surface area contributed by atoms with Crippen LogP contribution in [0.25, 0.3) is 0 Å². The zero-order valence-electron chi connectivity index (χ0n) is 23.5. The summed E-state index contributed by atoms with van der Waals surface area (Å²) in [4.78, 5) is 12.2. The van der Waals surface area contributed by atoms with Gasteiger partial charge < -0.3 is 13.5 Å². The zero-order chi connectivity index (χ0) is 27.2. The van der Waals surface area contributed by atoms with E-state index in [2.05, 4.69) is 81.4 Å². The monoisotopic (exact) mass is 546 g/mol. The van der Waals surface area contributed by atoms with E-state index in [1.54, 1.807) is 13.8 Å². The van der Waals surface area contributed by atoms with Crippen LogP contribution in [-0.2, 0) is 22.8 Å². The zero-order valence-corrected chi connectivity index (χ0v) is 25.4. The number of ketones is 1. The lowest BCUT2D eigenvalue weighted by Gasteiger charge is -2.43. The molecule has 0 aliphatic carbocycles. The number of unbranched alkanes of at least 4 members (excludes halogenated alkanes) is 5. The van der Waals surface area contributed by atoms with Crippen LogP contribution in [0, 0.1) is 0 Å². The lowest BCUT2D eigenvalue weighted by molar-refractivity contribution is -0.117. The predicted molar refractivity (Wildman–Crippen MR) is 157 cm³/mol. The molecule has 0 saturated heterocycles. The van der Waals surface area contributed by atoms with Crippen molar-refractivity contribution in [1.82, 2.24) is 0 Å². The molecule has 5 nitrogen and oxygen atoms in total. The number of carbonyl (C=O) groups is 1. The van der Waals surface area contributed by atoms with Crippen molar-refractivity contribution in [2.45, 2.75) is 84.6 Å². The molecule has 2 aromatic carbocycles. The summed E-state index contributed by atoms with van der Waals surface area (Å²) in [6.07, 6.45) is 6.46. The molecule has 0 aromatic heterocycles. The van der Waals surface area contributed by atoms with Crippen molar-refractivity contribution in [2.75, 3.05) is 26.0 Å². The van der Waals surface area contributed by atoms with E-state index in [0.717, 1.165) is 45.1 Å². The van der Waals surface area contributed by atoms with Crippen molar-refractivity contribution in [1.29, 1.82) is 0 Å². The van der Waals surface area contributed by atoms with Crippen molar-refractivity contribution in [3.8, 4) is 0 Å². The fourth-order valence-electron chi connectivity index (χ4n) is 4.94. The first kappa shape index (κ1) is 31.7. The van der Waals surface area contributed by atoms with Crippen molar-refractivity contribution in [2.24, 2.45) is 0 Å². The summed E-state index contributed by atoms with van der Waals surface area (Å²) in [5.74, 6) is -0.0380. The van der Waals surface area contributed by atoms with Gasteiger partial charge in [-0.1, -0.05) is 107 Å². The van der Waals surface area contributed by atoms with Crippen molar-refractivity contribution in [3.05, 3.63) is 60.7 Å². The van der Waals surface area contributed by atoms with E-state index < -0.39 is 15.9 Å². The average molecular weight is 547 g/mol. The lowest BCUT2D eigenvalue weighted by atomic mass is 10.1. The number of hydrogen-bond donors (Lipinski definition) is 0. The molecular formula is C30H47O5PSi. The Balaban J connectivity index is 1.81. The molecule has 0 fully saturated rings. The lowest BCUT2D eigenvalue weighted by Crippen LogP contribution is -2.66. The third-order valence-corrected chi connectivity index (χ3v) is 13.7. The van der Waals surface area contributed by atoms with Crippen LogP contribution in [0.2, 0.25) is 5.04 Å². The quantitative estimate of drug-likeness (QED) is 0.113. The van der Waals surface area contributed by atoms with Crippen LogP contribution in [0.5, 0.6) is 0 Å². The van der Waals surface area contributed by atoms with E-state index in [-0.39, 0.29) is 30.2 Å². The number of Topliss-reactive ketones (excluding diaryl/α,β-unsaturated/α-hetero) is 1. The summed E-state index contributed by atoms with van der Waals surface area (Å²) in [5, 5.41) is 2.63. The van der Waals surface area contributed by atoms with Crippen molar-refractivity contribution >= 4 is 32.1 Å². The Kier molecular flexibility index (Phi) is 13.5. The Morgan fingerprint density at radius 1 is 0.757 bits per heavy atom. The van der Waals surface area contributed by atoms with E-state index in [4.69, 9.17) is 13.5 Å². The largest absolute Gasteiger partial charge is 0.407 e. The molecule has 0 aliphatic heterocycles. The molecule has 206 valence electrons. The molecule has 7 heteroatoms. The van der Waals surface area contributed by atoms with Gasteiger partial charge >= 0.3 is 7.60 Å². The summed E-state index contributed by atoms with van der Waals surface area (Å²) < 4.78 is 29.9. The highest BCUT2D eigenvalue weighted by atomic mass is 31.2. The van der Waals surface area contributed by atoms with Gasteiger partial charge in [0, 0.05) is 13.0 Å².